The van der Waals surface area contributed by atoms with Crippen LogP contribution in [-0.2, 0) is 60.3 Å². The van der Waals surface area contributed by atoms with Crippen molar-refractivity contribution in [3.63, 3.8) is 0 Å². The van der Waals surface area contributed by atoms with Gasteiger partial charge >= 0.3 is 5.97 Å². The van der Waals surface area contributed by atoms with Gasteiger partial charge < -0.3 is 46.5 Å². The summed E-state index contributed by atoms with van der Waals surface area (Å²) < 4.78 is 22.1. The quantitative estimate of drug-likeness (QED) is 0.0378. The number of cyclic esters (lactones) is 1. The second-order valence-corrected chi connectivity index (χ2v) is 15.6. The maximum Gasteiger partial charge on any atom is 0.343 e. The SMILES string of the molecule is CC[C@@]1(O)C(=O)OCc2c1cc1n(c2=O)Cc2c-1nc1cc(F)c(C)c3c1c2[C@@H](NC(O)CCCNC(=O)CNC(=O)[C@H](Cc1ccccc1)NC(=O)CNC(=O)CN)CC3. The van der Waals surface area contributed by atoms with Gasteiger partial charge in [0.1, 0.15) is 24.7 Å². The number of rotatable bonds is 16. The Bertz CT molecular complexity index is 2480. The van der Waals surface area contributed by atoms with Crippen molar-refractivity contribution < 1.29 is 43.3 Å². The van der Waals surface area contributed by atoms with Gasteiger partial charge in [0.05, 0.1) is 48.6 Å². The monoisotopic (exact) mass is 840 g/mol. The number of aliphatic hydroxyl groups is 2. The smallest absolute Gasteiger partial charge is 0.343 e. The van der Waals surface area contributed by atoms with Crippen LogP contribution in [0, 0.1) is 12.7 Å². The number of benzene rings is 2. The highest BCUT2D eigenvalue weighted by Gasteiger charge is 2.46. The first-order chi connectivity index (χ1) is 29.2. The minimum atomic E-state index is -2.01. The fraction of sp³-hybridized carbons (Fsp3) is 0.419. The topological polar surface area (TPSA) is 256 Å². The molecule has 18 heteroatoms. The van der Waals surface area contributed by atoms with E-state index in [0.717, 1.165) is 22.1 Å². The first kappa shape index (κ1) is 43.0. The Balaban J connectivity index is 0.999. The molecule has 0 saturated carbocycles. The lowest BCUT2D eigenvalue weighted by Gasteiger charge is -2.31. The van der Waals surface area contributed by atoms with Gasteiger partial charge in [-0.25, -0.2) is 14.2 Å². The Morgan fingerprint density at radius 3 is 2.52 bits per heavy atom. The number of fused-ring (bicyclic) bond motifs is 5. The largest absolute Gasteiger partial charge is 0.458 e. The molecule has 7 rings (SSSR count). The maximum atomic E-state index is 15.3. The van der Waals surface area contributed by atoms with E-state index in [4.69, 9.17) is 15.5 Å². The summed E-state index contributed by atoms with van der Waals surface area (Å²) in [5.74, 6) is -3.47. The molecule has 1 aliphatic carbocycles. The third-order valence-electron chi connectivity index (χ3n) is 11.7. The molecule has 0 saturated heterocycles. The zero-order chi connectivity index (χ0) is 43.6. The van der Waals surface area contributed by atoms with Gasteiger partial charge in [-0.2, -0.15) is 0 Å². The Hall–Kier alpha value is -6.08. The molecule has 4 aromatic rings. The predicted octanol–water partition coefficient (Wildman–Crippen LogP) is 0.237. The first-order valence-electron chi connectivity index (χ1n) is 20.3. The zero-order valence-electron chi connectivity index (χ0n) is 33.9. The molecule has 3 aliphatic rings. The molecule has 322 valence electrons. The third-order valence-corrected chi connectivity index (χ3v) is 11.7. The van der Waals surface area contributed by atoms with E-state index < -0.39 is 64.9 Å². The number of nitrogens with one attached hydrogen (secondary N) is 5. The Morgan fingerprint density at radius 2 is 1.79 bits per heavy atom. The molecule has 4 heterocycles. The molecule has 2 aromatic carbocycles. The molecule has 1 unspecified atom stereocenters. The highest BCUT2D eigenvalue weighted by atomic mass is 19.1. The molecule has 0 spiro atoms. The average molecular weight is 841 g/mol. The number of nitrogens with two attached hydrogens (primary N) is 1. The van der Waals surface area contributed by atoms with Crippen LogP contribution in [0.15, 0.2) is 47.3 Å². The number of nitrogens with zero attached hydrogens (tertiary/aromatic N) is 2. The van der Waals surface area contributed by atoms with Crippen LogP contribution in [0.2, 0.25) is 0 Å². The summed E-state index contributed by atoms with van der Waals surface area (Å²) in [6.45, 7) is 2.34. The number of hydrogen-bond donors (Lipinski definition) is 8. The van der Waals surface area contributed by atoms with E-state index >= 15 is 4.39 Å². The fourth-order valence-electron chi connectivity index (χ4n) is 8.47. The average Bonchev–Trinajstić information content (AvgIpc) is 3.63. The lowest BCUT2D eigenvalue weighted by Crippen LogP contribution is -2.52. The molecule has 2 aromatic heterocycles. The number of halogens is 1. The van der Waals surface area contributed by atoms with Crippen LogP contribution in [0.1, 0.15) is 77.6 Å². The van der Waals surface area contributed by atoms with Crippen molar-refractivity contribution in [3.05, 3.63) is 97.6 Å². The lowest BCUT2D eigenvalue weighted by atomic mass is 9.81. The first-order valence-corrected chi connectivity index (χ1v) is 20.3. The van der Waals surface area contributed by atoms with E-state index in [1.165, 1.54) is 10.6 Å². The van der Waals surface area contributed by atoms with E-state index in [1.807, 2.05) is 6.07 Å². The molecule has 61 heavy (non-hydrogen) atoms. The molecule has 0 bridgehead atoms. The van der Waals surface area contributed by atoms with Crippen LogP contribution >= 0.6 is 0 Å². The van der Waals surface area contributed by atoms with Crippen molar-refractivity contribution in [2.45, 2.75) is 89.4 Å². The van der Waals surface area contributed by atoms with Gasteiger partial charge in [-0.1, -0.05) is 37.3 Å². The van der Waals surface area contributed by atoms with Gasteiger partial charge in [0.15, 0.2) is 5.60 Å². The standard InChI is InChI=1S/C43H49FN8O9/c1-3-43(60)27-15-32-39-25(20-52(32)41(58)26(27)21-61-42(43)59)38-29(12-11-24-22(2)28(44)16-30(51-39)37(24)38)49-33(53)10-7-13-46-35(55)18-48-40(57)31(14-23-8-5-4-6-9-23)50-36(56)19-47-34(54)17-45/h4-6,8-9,15-16,29,31,33,49,53,60H,3,7,10-14,17-21,45H2,1-2H3,(H,46,55)(H,47,54)(H,48,57)(H,50,56)/t29-,31-,33?,43-/m0/s1. The minimum Gasteiger partial charge on any atom is -0.458 e. The summed E-state index contributed by atoms with van der Waals surface area (Å²) in [5.41, 5.74) is 7.97. The molecule has 17 nitrogen and oxygen atoms in total. The Kier molecular flexibility index (Phi) is 12.6. The van der Waals surface area contributed by atoms with E-state index in [1.54, 1.807) is 44.2 Å². The van der Waals surface area contributed by atoms with E-state index in [9.17, 15) is 39.0 Å². The second-order valence-electron chi connectivity index (χ2n) is 15.6. The lowest BCUT2D eigenvalue weighted by molar-refractivity contribution is -0.172. The van der Waals surface area contributed by atoms with Gasteiger partial charge in [0, 0.05) is 41.6 Å². The molecule has 0 radical (unpaired) electrons. The Labute approximate surface area is 349 Å². The minimum absolute atomic E-state index is 0.0141. The summed E-state index contributed by atoms with van der Waals surface area (Å²) in [7, 11) is 0. The fourth-order valence-corrected chi connectivity index (χ4v) is 8.47. The van der Waals surface area contributed by atoms with Crippen LogP contribution in [-0.4, -0.2) is 87.8 Å². The highest BCUT2D eigenvalue weighted by Crippen LogP contribution is 2.46. The van der Waals surface area contributed by atoms with Gasteiger partial charge in [-0.05, 0) is 67.3 Å². The van der Waals surface area contributed by atoms with Gasteiger partial charge in [0.2, 0.25) is 23.6 Å². The number of ether oxygens (including phenoxy) is 1. The van der Waals surface area contributed by atoms with Crippen molar-refractivity contribution in [1.29, 1.82) is 0 Å². The number of aryl methyl sites for hydroxylation is 1. The van der Waals surface area contributed by atoms with Crippen LogP contribution in [0.3, 0.4) is 0 Å². The molecule has 9 N–H and O–H groups in total. The molecular weight excluding hydrogens is 792 g/mol. The number of aliphatic hydroxyl groups excluding tert-OH is 1. The summed E-state index contributed by atoms with van der Waals surface area (Å²) >= 11 is 0. The number of carbonyl (C=O) groups excluding carboxylic acids is 5. The number of hydrogen-bond acceptors (Lipinski definition) is 12. The van der Waals surface area contributed by atoms with E-state index in [2.05, 4.69) is 26.6 Å². The summed E-state index contributed by atoms with van der Waals surface area (Å²) in [5, 5.41) is 36.9. The van der Waals surface area contributed by atoms with Crippen LogP contribution in [0.5, 0.6) is 0 Å². The van der Waals surface area contributed by atoms with E-state index in [-0.39, 0.29) is 69.7 Å². The van der Waals surface area contributed by atoms with Crippen molar-refractivity contribution in [3.8, 4) is 11.4 Å². The molecule has 4 amide bonds. The van der Waals surface area contributed by atoms with Gasteiger partial charge in [-0.3, -0.25) is 29.3 Å². The van der Waals surface area contributed by atoms with Gasteiger partial charge in [0.25, 0.3) is 5.56 Å². The molecule has 4 atom stereocenters. The van der Waals surface area contributed by atoms with Crippen LogP contribution in [0.4, 0.5) is 4.39 Å². The molecule has 0 fully saturated rings. The van der Waals surface area contributed by atoms with Crippen molar-refractivity contribution in [2.24, 2.45) is 5.73 Å². The molecule has 2 aliphatic heterocycles. The maximum absolute atomic E-state index is 15.3. The second kappa shape index (κ2) is 17.9. The third kappa shape index (κ3) is 8.61. The number of pyridine rings is 2. The number of carbonyl (C=O) groups is 5. The van der Waals surface area contributed by atoms with Gasteiger partial charge in [-0.15, -0.1) is 0 Å². The van der Waals surface area contributed by atoms with Crippen molar-refractivity contribution in [1.82, 2.24) is 36.1 Å². The summed E-state index contributed by atoms with van der Waals surface area (Å²) in [6.07, 6.45) is 0.703. The summed E-state index contributed by atoms with van der Waals surface area (Å²) in [4.78, 5) is 81.3. The number of esters is 1. The van der Waals surface area contributed by atoms with Crippen molar-refractivity contribution >= 4 is 40.5 Å². The summed E-state index contributed by atoms with van der Waals surface area (Å²) in [6, 6.07) is 10.5. The Morgan fingerprint density at radius 1 is 1.03 bits per heavy atom. The molecular formula is C43H49FN8O9. The highest BCUT2D eigenvalue weighted by molar-refractivity contribution is 5.94. The van der Waals surface area contributed by atoms with E-state index in [0.29, 0.717) is 47.3 Å². The normalized spacial score (nSPS) is 18.3. The van der Waals surface area contributed by atoms with Crippen LogP contribution in [0.25, 0.3) is 22.3 Å². The predicted molar refractivity (Wildman–Crippen MR) is 219 cm³/mol. The zero-order valence-corrected chi connectivity index (χ0v) is 33.9. The number of aromatic nitrogens is 2. The number of amides is 4. The van der Waals surface area contributed by atoms with Crippen molar-refractivity contribution in [2.75, 3.05) is 26.2 Å². The van der Waals surface area contributed by atoms with Crippen LogP contribution < -0.4 is 37.9 Å².